The van der Waals surface area contributed by atoms with Crippen LogP contribution in [0.15, 0.2) is 46.6 Å². The molecular weight excluding hydrogens is 168 g/mol. The second-order valence-corrected chi connectivity index (χ2v) is 4.19. The Kier molecular flexibility index (Phi) is 4.62. The third kappa shape index (κ3) is 3.02. The van der Waals surface area contributed by atoms with Crippen molar-refractivity contribution in [2.45, 2.75) is 41.5 Å². The lowest BCUT2D eigenvalue weighted by Gasteiger charge is -2.14. The Morgan fingerprint density at radius 1 is 0.643 bits per heavy atom. The number of hydrogen-bond donors (Lipinski definition) is 0. The van der Waals surface area contributed by atoms with Crippen molar-refractivity contribution in [2.75, 3.05) is 0 Å². The van der Waals surface area contributed by atoms with E-state index in [2.05, 4.69) is 47.8 Å². The minimum atomic E-state index is 1.13. The van der Waals surface area contributed by atoms with Gasteiger partial charge in [0.15, 0.2) is 0 Å². The summed E-state index contributed by atoms with van der Waals surface area (Å²) in [6.07, 6.45) is 0. The van der Waals surface area contributed by atoms with Crippen LogP contribution in [-0.4, -0.2) is 0 Å². The minimum absolute atomic E-state index is 1.13. The van der Waals surface area contributed by atoms with Crippen molar-refractivity contribution in [1.29, 1.82) is 0 Å². The molecule has 0 aliphatic rings. The largest absolute Gasteiger partial charge is 0.0958 e. The molecule has 78 valence electrons. The summed E-state index contributed by atoms with van der Waals surface area (Å²) in [4.78, 5) is 0. The SMILES string of the molecule is C=C(C)C(=C(C)C)/C(C)=C(/C)C(=C)C. The van der Waals surface area contributed by atoms with Gasteiger partial charge in [0.1, 0.15) is 0 Å². The molecule has 0 amide bonds. The monoisotopic (exact) mass is 190 g/mol. The Morgan fingerprint density at radius 3 is 1.29 bits per heavy atom. The quantitative estimate of drug-likeness (QED) is 0.560. The molecule has 0 aromatic heterocycles. The highest BCUT2D eigenvalue weighted by atomic mass is 14.1. The minimum Gasteiger partial charge on any atom is -0.0958 e. The van der Waals surface area contributed by atoms with Gasteiger partial charge in [0.2, 0.25) is 0 Å². The van der Waals surface area contributed by atoms with Gasteiger partial charge in [-0.1, -0.05) is 29.9 Å². The van der Waals surface area contributed by atoms with Gasteiger partial charge in [0.25, 0.3) is 0 Å². The molecular formula is C14H22. The topological polar surface area (TPSA) is 0 Å². The summed E-state index contributed by atoms with van der Waals surface area (Å²) in [6, 6.07) is 0. The molecule has 0 saturated heterocycles. The van der Waals surface area contributed by atoms with Crippen molar-refractivity contribution in [2.24, 2.45) is 0 Å². The van der Waals surface area contributed by atoms with E-state index in [9.17, 15) is 0 Å². The third-order valence-corrected chi connectivity index (χ3v) is 2.50. The van der Waals surface area contributed by atoms with Crippen LogP contribution in [0.5, 0.6) is 0 Å². The maximum absolute atomic E-state index is 4.02. The molecule has 0 N–H and O–H groups in total. The normalized spacial score (nSPS) is 11.9. The lowest BCUT2D eigenvalue weighted by Crippen LogP contribution is -1.94. The van der Waals surface area contributed by atoms with Crippen LogP contribution in [-0.2, 0) is 0 Å². The zero-order chi connectivity index (χ0) is 11.5. The molecule has 0 nitrogen and oxygen atoms in total. The van der Waals surface area contributed by atoms with Crippen molar-refractivity contribution in [3.8, 4) is 0 Å². The van der Waals surface area contributed by atoms with Gasteiger partial charge >= 0.3 is 0 Å². The Balaban J connectivity index is 5.50. The summed E-state index contributed by atoms with van der Waals surface area (Å²) < 4.78 is 0. The van der Waals surface area contributed by atoms with E-state index in [4.69, 9.17) is 0 Å². The molecule has 14 heavy (non-hydrogen) atoms. The van der Waals surface area contributed by atoms with Gasteiger partial charge < -0.3 is 0 Å². The van der Waals surface area contributed by atoms with Gasteiger partial charge in [-0.3, -0.25) is 0 Å². The first-order chi connectivity index (χ1) is 6.29. The third-order valence-electron chi connectivity index (χ3n) is 2.50. The summed E-state index contributed by atoms with van der Waals surface area (Å²) in [5.41, 5.74) is 7.42. The van der Waals surface area contributed by atoms with E-state index < -0.39 is 0 Å². The van der Waals surface area contributed by atoms with Crippen molar-refractivity contribution in [3.05, 3.63) is 46.6 Å². The van der Waals surface area contributed by atoms with E-state index in [0.29, 0.717) is 0 Å². The van der Waals surface area contributed by atoms with Crippen molar-refractivity contribution >= 4 is 0 Å². The molecule has 0 aromatic carbocycles. The summed E-state index contributed by atoms with van der Waals surface area (Å²) in [6.45, 7) is 20.6. The summed E-state index contributed by atoms with van der Waals surface area (Å²) in [5.74, 6) is 0. The van der Waals surface area contributed by atoms with Crippen molar-refractivity contribution in [1.82, 2.24) is 0 Å². The first-order valence-electron chi connectivity index (χ1n) is 4.96. The van der Waals surface area contributed by atoms with Gasteiger partial charge in [-0.15, -0.1) is 0 Å². The molecule has 0 atom stereocenters. The molecule has 0 aliphatic carbocycles. The van der Waals surface area contributed by atoms with E-state index >= 15 is 0 Å². The Bertz CT molecular complexity index is 318. The van der Waals surface area contributed by atoms with Crippen LogP contribution in [0.25, 0.3) is 0 Å². The molecule has 0 bridgehead atoms. The van der Waals surface area contributed by atoms with E-state index in [1.807, 2.05) is 6.92 Å². The Labute approximate surface area is 88.7 Å². The predicted molar refractivity (Wildman–Crippen MR) is 66.4 cm³/mol. The first kappa shape index (κ1) is 13.0. The molecule has 0 saturated carbocycles. The number of hydrogen-bond acceptors (Lipinski definition) is 0. The van der Waals surface area contributed by atoms with Gasteiger partial charge in [0, 0.05) is 0 Å². The highest BCUT2D eigenvalue weighted by molar-refractivity contribution is 5.51. The number of allylic oxidation sites excluding steroid dienone is 6. The second-order valence-electron chi connectivity index (χ2n) is 4.19. The van der Waals surface area contributed by atoms with Gasteiger partial charge in [-0.25, -0.2) is 0 Å². The Morgan fingerprint density at radius 2 is 1.07 bits per heavy atom. The molecule has 0 fully saturated rings. The average molecular weight is 190 g/mol. The highest BCUT2D eigenvalue weighted by Crippen LogP contribution is 2.26. The average Bonchev–Trinajstić information content (AvgIpc) is 2.01. The maximum Gasteiger partial charge on any atom is -0.0215 e. The molecule has 0 heterocycles. The fourth-order valence-electron chi connectivity index (χ4n) is 1.63. The zero-order valence-electron chi connectivity index (χ0n) is 10.4. The van der Waals surface area contributed by atoms with E-state index in [0.717, 1.165) is 11.1 Å². The van der Waals surface area contributed by atoms with Crippen molar-refractivity contribution < 1.29 is 0 Å². The molecule has 0 aromatic rings. The fourth-order valence-corrected chi connectivity index (χ4v) is 1.63. The first-order valence-corrected chi connectivity index (χ1v) is 4.96. The van der Waals surface area contributed by atoms with Crippen LogP contribution in [0.4, 0.5) is 0 Å². The summed E-state index contributed by atoms with van der Waals surface area (Å²) in [7, 11) is 0. The van der Waals surface area contributed by atoms with E-state index in [1.54, 1.807) is 0 Å². The molecule has 0 aliphatic heterocycles. The molecule has 0 radical (unpaired) electrons. The van der Waals surface area contributed by atoms with Crippen LogP contribution < -0.4 is 0 Å². The predicted octanol–water partition coefficient (Wildman–Crippen LogP) is 4.81. The molecule has 0 spiro atoms. The molecule has 0 unspecified atom stereocenters. The number of rotatable bonds is 3. The van der Waals surface area contributed by atoms with E-state index in [1.165, 1.54) is 22.3 Å². The van der Waals surface area contributed by atoms with Gasteiger partial charge in [-0.05, 0) is 58.3 Å². The summed E-state index contributed by atoms with van der Waals surface area (Å²) >= 11 is 0. The lowest BCUT2D eigenvalue weighted by atomic mass is 9.91. The standard InChI is InChI=1S/C14H22/c1-9(2)12(7)13(8)14(10(3)4)11(5)6/h1,3H2,2,4-8H3/b13-12-. The second kappa shape index (κ2) is 4.99. The van der Waals surface area contributed by atoms with Crippen molar-refractivity contribution in [3.63, 3.8) is 0 Å². The van der Waals surface area contributed by atoms with Crippen LogP contribution in [0, 0.1) is 0 Å². The fraction of sp³-hybridized carbons (Fsp3) is 0.429. The van der Waals surface area contributed by atoms with E-state index in [-0.39, 0.29) is 0 Å². The zero-order valence-corrected chi connectivity index (χ0v) is 10.4. The summed E-state index contributed by atoms with van der Waals surface area (Å²) in [5, 5.41) is 0. The smallest absolute Gasteiger partial charge is 0.0215 e. The Hall–Kier alpha value is -1.04. The van der Waals surface area contributed by atoms with Gasteiger partial charge in [0.05, 0.1) is 0 Å². The lowest BCUT2D eigenvalue weighted by molar-refractivity contribution is 1.18. The van der Waals surface area contributed by atoms with Crippen LogP contribution >= 0.6 is 0 Å². The van der Waals surface area contributed by atoms with Crippen LogP contribution in [0.3, 0.4) is 0 Å². The highest BCUT2D eigenvalue weighted by Gasteiger charge is 2.06. The maximum atomic E-state index is 4.02. The van der Waals surface area contributed by atoms with Crippen LogP contribution in [0.2, 0.25) is 0 Å². The molecule has 0 heteroatoms. The van der Waals surface area contributed by atoms with Crippen LogP contribution in [0.1, 0.15) is 41.5 Å². The van der Waals surface area contributed by atoms with Gasteiger partial charge in [-0.2, -0.15) is 0 Å². The molecule has 0 rings (SSSR count).